The van der Waals surface area contributed by atoms with Crippen molar-refractivity contribution in [3.8, 4) is 34.0 Å². The fourth-order valence-corrected chi connectivity index (χ4v) is 5.14. The molecule has 1 aliphatic rings. The number of amides is 1. The van der Waals surface area contributed by atoms with E-state index in [1.807, 2.05) is 80.5 Å². The number of anilines is 1. The Bertz CT molecular complexity index is 1510. The van der Waals surface area contributed by atoms with Gasteiger partial charge in [-0.2, -0.15) is 4.98 Å². The molecule has 40 heavy (non-hydrogen) atoms. The minimum atomic E-state index is -0.0274. The largest absolute Gasteiger partial charge is 0.493 e. The third-order valence-corrected chi connectivity index (χ3v) is 7.23. The quantitative estimate of drug-likeness (QED) is 0.273. The number of methoxy groups -OCH3 is 1. The first kappa shape index (κ1) is 27.4. The van der Waals surface area contributed by atoms with Crippen molar-refractivity contribution < 1.29 is 18.8 Å². The van der Waals surface area contributed by atoms with Crippen LogP contribution in [-0.4, -0.2) is 61.8 Å². The average Bonchev–Trinajstić information content (AvgIpc) is 3.28. The lowest BCUT2D eigenvalue weighted by molar-refractivity contribution is 0.0987. The van der Waals surface area contributed by atoms with Gasteiger partial charge >= 0.3 is 0 Å². The van der Waals surface area contributed by atoms with Crippen LogP contribution in [0.3, 0.4) is 0 Å². The van der Waals surface area contributed by atoms with Crippen LogP contribution in [0.4, 0.5) is 5.69 Å². The smallest absolute Gasteiger partial charge is 0.258 e. The maximum atomic E-state index is 14.3. The Hall–Kier alpha value is -4.17. The molecule has 0 aliphatic carbocycles. The van der Waals surface area contributed by atoms with E-state index in [0.29, 0.717) is 41.9 Å². The van der Waals surface area contributed by atoms with Crippen LogP contribution in [0.2, 0.25) is 0 Å². The molecule has 0 saturated carbocycles. The summed E-state index contributed by atoms with van der Waals surface area (Å²) in [6.45, 7) is 5.75. The summed E-state index contributed by atoms with van der Waals surface area (Å²) < 4.78 is 16.9. The van der Waals surface area contributed by atoms with Gasteiger partial charge in [0.15, 0.2) is 11.5 Å². The van der Waals surface area contributed by atoms with Gasteiger partial charge in [0.05, 0.1) is 12.8 Å². The highest BCUT2D eigenvalue weighted by molar-refractivity contribution is 6.11. The summed E-state index contributed by atoms with van der Waals surface area (Å²) in [7, 11) is 5.68. The van der Waals surface area contributed by atoms with E-state index in [1.165, 1.54) is 0 Å². The van der Waals surface area contributed by atoms with Gasteiger partial charge in [-0.25, -0.2) is 0 Å². The third kappa shape index (κ3) is 5.72. The fraction of sp³-hybridized carbons (Fsp3) is 0.344. The molecule has 0 N–H and O–H groups in total. The lowest BCUT2D eigenvalue weighted by Crippen LogP contribution is -2.32. The summed E-state index contributed by atoms with van der Waals surface area (Å²) in [5.74, 6) is 2.39. The number of nitrogens with zero attached hydrogens (tertiary/aromatic N) is 4. The molecule has 0 saturated heterocycles. The normalized spacial score (nSPS) is 13.2. The molecule has 0 bridgehead atoms. The molecule has 1 amide bonds. The molecule has 0 atom stereocenters. The van der Waals surface area contributed by atoms with Crippen molar-refractivity contribution in [3.63, 3.8) is 0 Å². The molecule has 5 rings (SSSR count). The van der Waals surface area contributed by atoms with Crippen LogP contribution >= 0.6 is 0 Å². The molecular formula is C32H36N4O4. The Morgan fingerprint density at radius 1 is 1.02 bits per heavy atom. The topological polar surface area (TPSA) is 80.9 Å². The second kappa shape index (κ2) is 11.9. The monoisotopic (exact) mass is 540 g/mol. The summed E-state index contributed by atoms with van der Waals surface area (Å²) >= 11 is 0. The van der Waals surface area contributed by atoms with Gasteiger partial charge in [0.25, 0.3) is 5.91 Å². The summed E-state index contributed by atoms with van der Waals surface area (Å²) in [5.41, 5.74) is 6.42. The zero-order valence-electron chi connectivity index (χ0n) is 23.9. The van der Waals surface area contributed by atoms with Crippen molar-refractivity contribution in [1.82, 2.24) is 15.0 Å². The van der Waals surface area contributed by atoms with Gasteiger partial charge in [0.1, 0.15) is 6.61 Å². The van der Waals surface area contributed by atoms with E-state index < -0.39 is 0 Å². The predicted octanol–water partition coefficient (Wildman–Crippen LogP) is 5.95. The van der Waals surface area contributed by atoms with Crippen molar-refractivity contribution in [3.05, 3.63) is 77.2 Å². The third-order valence-electron chi connectivity index (χ3n) is 7.23. The van der Waals surface area contributed by atoms with Crippen LogP contribution in [-0.2, 0) is 6.42 Å². The second-order valence-electron chi connectivity index (χ2n) is 10.4. The number of aryl methyl sites for hydroxylation is 3. The number of carbonyl (C=O) groups excluding carboxylic acids is 1. The number of benzene rings is 3. The van der Waals surface area contributed by atoms with E-state index in [4.69, 9.17) is 14.0 Å². The SMILES string of the molecule is COc1cc2c(cc1OCCN(C)C)N(C(=O)c1ccccc1-c1ccc(-c3noc(C)n3)cc1C)CCCC2. The Kier molecular flexibility index (Phi) is 8.16. The molecule has 0 unspecified atom stereocenters. The van der Waals surface area contributed by atoms with E-state index in [1.54, 1.807) is 14.0 Å². The van der Waals surface area contributed by atoms with Crippen LogP contribution in [0.5, 0.6) is 11.5 Å². The predicted molar refractivity (Wildman–Crippen MR) is 156 cm³/mol. The number of likely N-dealkylation sites (N-methyl/N-ethyl adjacent to an activating group) is 1. The van der Waals surface area contributed by atoms with Crippen molar-refractivity contribution >= 4 is 11.6 Å². The number of rotatable bonds is 8. The Labute approximate surface area is 235 Å². The van der Waals surface area contributed by atoms with E-state index in [-0.39, 0.29) is 5.91 Å². The summed E-state index contributed by atoms with van der Waals surface area (Å²) in [5, 5.41) is 4.04. The van der Waals surface area contributed by atoms with Crippen molar-refractivity contribution in [2.24, 2.45) is 0 Å². The highest BCUT2D eigenvalue weighted by Gasteiger charge is 2.27. The number of ether oxygens (including phenoxy) is 2. The number of hydrogen-bond acceptors (Lipinski definition) is 7. The molecule has 0 fully saturated rings. The Morgan fingerprint density at radius 3 is 2.58 bits per heavy atom. The van der Waals surface area contributed by atoms with E-state index >= 15 is 0 Å². The minimum Gasteiger partial charge on any atom is -0.493 e. The van der Waals surface area contributed by atoms with Gasteiger partial charge in [-0.3, -0.25) is 4.79 Å². The first-order valence-electron chi connectivity index (χ1n) is 13.7. The second-order valence-corrected chi connectivity index (χ2v) is 10.4. The molecule has 1 aliphatic heterocycles. The highest BCUT2D eigenvalue weighted by atomic mass is 16.5. The number of fused-ring (bicyclic) bond motifs is 1. The molecule has 4 aromatic rings. The fourth-order valence-electron chi connectivity index (χ4n) is 5.14. The van der Waals surface area contributed by atoms with Gasteiger partial charge in [-0.15, -0.1) is 0 Å². The first-order valence-corrected chi connectivity index (χ1v) is 13.7. The highest BCUT2D eigenvalue weighted by Crippen LogP contribution is 2.39. The molecule has 208 valence electrons. The maximum Gasteiger partial charge on any atom is 0.258 e. The van der Waals surface area contributed by atoms with Crippen LogP contribution < -0.4 is 14.4 Å². The lowest BCUT2D eigenvalue weighted by atomic mass is 9.93. The molecule has 0 radical (unpaired) electrons. The lowest BCUT2D eigenvalue weighted by Gasteiger charge is -2.26. The average molecular weight is 541 g/mol. The summed E-state index contributed by atoms with van der Waals surface area (Å²) in [4.78, 5) is 22.6. The molecule has 0 spiro atoms. The minimum absolute atomic E-state index is 0.0274. The maximum absolute atomic E-state index is 14.3. The van der Waals surface area contributed by atoms with Gasteiger partial charge in [-0.05, 0) is 80.7 Å². The van der Waals surface area contributed by atoms with Gasteiger partial charge in [0.2, 0.25) is 11.7 Å². The number of aromatic nitrogens is 2. The summed E-state index contributed by atoms with van der Waals surface area (Å²) in [6, 6.07) is 17.9. The van der Waals surface area contributed by atoms with Crippen LogP contribution in [0.15, 0.2) is 59.1 Å². The molecule has 8 heteroatoms. The van der Waals surface area contributed by atoms with Crippen LogP contribution in [0, 0.1) is 13.8 Å². The molecule has 3 aromatic carbocycles. The molecular weight excluding hydrogens is 504 g/mol. The van der Waals surface area contributed by atoms with Gasteiger partial charge < -0.3 is 23.8 Å². The van der Waals surface area contributed by atoms with E-state index in [2.05, 4.69) is 15.0 Å². The van der Waals surface area contributed by atoms with E-state index in [9.17, 15) is 4.79 Å². The standard InChI is InChI=1S/C32H36N4O4/c1-21-18-24(31-33-22(2)40-34-31)13-14-25(21)26-11-6-7-12-27(26)32(37)36-15-9-8-10-23-19-29(38-5)30(20-28(23)36)39-17-16-35(3)4/h6-7,11-14,18-20H,8-10,15-17H2,1-5H3. The molecule has 8 nitrogen and oxygen atoms in total. The van der Waals surface area contributed by atoms with Crippen LogP contribution in [0.1, 0.15) is 40.2 Å². The Balaban J connectivity index is 1.51. The zero-order chi connectivity index (χ0) is 28.2. The van der Waals surface area contributed by atoms with Crippen LogP contribution in [0.25, 0.3) is 22.5 Å². The van der Waals surface area contributed by atoms with Crippen molar-refractivity contribution in [1.29, 1.82) is 0 Å². The van der Waals surface area contributed by atoms with Gasteiger partial charge in [-0.1, -0.05) is 35.5 Å². The van der Waals surface area contributed by atoms with E-state index in [0.717, 1.165) is 59.3 Å². The molecule has 2 heterocycles. The number of carbonyl (C=O) groups is 1. The molecule has 1 aromatic heterocycles. The number of hydrogen-bond donors (Lipinski definition) is 0. The summed E-state index contributed by atoms with van der Waals surface area (Å²) in [6.07, 6.45) is 2.79. The zero-order valence-corrected chi connectivity index (χ0v) is 23.9. The van der Waals surface area contributed by atoms with Crippen molar-refractivity contribution in [2.75, 3.05) is 45.8 Å². The van der Waals surface area contributed by atoms with Gasteiger partial charge in [0, 0.05) is 37.2 Å². The Morgan fingerprint density at radius 2 is 1.85 bits per heavy atom. The first-order chi connectivity index (χ1) is 19.4. The van der Waals surface area contributed by atoms with Crippen molar-refractivity contribution in [2.45, 2.75) is 33.1 Å².